The number of terminal acetylenes is 1. The van der Waals surface area contributed by atoms with Crippen molar-refractivity contribution < 1.29 is 18.9 Å². The van der Waals surface area contributed by atoms with Crippen molar-refractivity contribution in [3.63, 3.8) is 0 Å². The molecule has 3 saturated carbocycles. The molecule has 1 heterocycles. The zero-order chi connectivity index (χ0) is 23.3. The monoisotopic (exact) mass is 456 g/mol. The van der Waals surface area contributed by atoms with Gasteiger partial charge in [0.05, 0.1) is 13.2 Å². The summed E-state index contributed by atoms with van der Waals surface area (Å²) in [4.78, 5) is 0. The minimum Gasteiger partial charge on any atom is -0.353 e. The lowest BCUT2D eigenvalue weighted by atomic mass is 9.46. The van der Waals surface area contributed by atoms with E-state index >= 15 is 0 Å². The van der Waals surface area contributed by atoms with Crippen LogP contribution < -0.4 is 0 Å². The van der Waals surface area contributed by atoms with Gasteiger partial charge in [0.1, 0.15) is 5.60 Å². The third-order valence-electron chi connectivity index (χ3n) is 10.5. The van der Waals surface area contributed by atoms with Crippen LogP contribution >= 0.6 is 0 Å². The average molecular weight is 457 g/mol. The quantitative estimate of drug-likeness (QED) is 0.205. The standard InChI is InChI=1S/C29H44O4/c1-6-8-17-30-21(3)33-28(7-2)14-12-25-23-10-9-22-20-29(31-18-19-32-29)16-15-26(22,4)24(23)11-13-27(25,28)5/h2,9,21,23-25H,6,8,10-20H2,1,3-5H3/t21?,23-,24+,25+,26+,27+,28+/m1/s1. The van der Waals surface area contributed by atoms with Crippen LogP contribution in [-0.2, 0) is 18.9 Å². The first-order valence-electron chi connectivity index (χ1n) is 13.6. The topological polar surface area (TPSA) is 36.9 Å². The summed E-state index contributed by atoms with van der Waals surface area (Å²) in [5.74, 6) is 4.87. The Morgan fingerprint density at radius 2 is 1.88 bits per heavy atom. The summed E-state index contributed by atoms with van der Waals surface area (Å²) in [6.07, 6.45) is 19.6. The van der Waals surface area contributed by atoms with Crippen molar-refractivity contribution in [1.29, 1.82) is 0 Å². The number of rotatable bonds is 6. The summed E-state index contributed by atoms with van der Waals surface area (Å²) in [7, 11) is 0. The lowest BCUT2D eigenvalue weighted by Gasteiger charge is -2.59. The Morgan fingerprint density at radius 3 is 2.61 bits per heavy atom. The Bertz CT molecular complexity index is 807. The summed E-state index contributed by atoms with van der Waals surface area (Å²) < 4.78 is 24.8. The highest BCUT2D eigenvalue weighted by Gasteiger charge is 2.65. The summed E-state index contributed by atoms with van der Waals surface area (Å²) >= 11 is 0. The van der Waals surface area contributed by atoms with Crippen LogP contribution in [0.5, 0.6) is 0 Å². The molecule has 4 heteroatoms. The second-order valence-corrected chi connectivity index (χ2v) is 11.9. The summed E-state index contributed by atoms with van der Waals surface area (Å²) in [5, 5.41) is 0. The van der Waals surface area contributed by atoms with Gasteiger partial charge in [0.25, 0.3) is 0 Å². The smallest absolute Gasteiger partial charge is 0.172 e. The van der Waals surface area contributed by atoms with E-state index in [2.05, 4.69) is 32.8 Å². The van der Waals surface area contributed by atoms with E-state index in [1.807, 2.05) is 6.92 Å². The SMILES string of the molecule is C#C[C@]1(OC(C)OCCCC)CC[C@H]2[C@@H]3CC=C4CC5(CC[C@]4(C)[C@H]3CC[C@@]21C)OCCO5. The van der Waals surface area contributed by atoms with E-state index in [9.17, 15) is 0 Å². The fourth-order valence-electron chi connectivity index (χ4n) is 8.52. The highest BCUT2D eigenvalue weighted by atomic mass is 16.7. The molecule has 0 bridgehead atoms. The molecule has 0 amide bonds. The number of fused-ring (bicyclic) bond motifs is 5. The van der Waals surface area contributed by atoms with Crippen LogP contribution in [0.3, 0.4) is 0 Å². The lowest BCUT2D eigenvalue weighted by molar-refractivity contribution is -0.224. The minimum absolute atomic E-state index is 0.0144. The fourth-order valence-corrected chi connectivity index (χ4v) is 8.52. The van der Waals surface area contributed by atoms with Gasteiger partial charge >= 0.3 is 0 Å². The highest BCUT2D eigenvalue weighted by molar-refractivity contribution is 5.30. The Balaban J connectivity index is 1.36. The van der Waals surface area contributed by atoms with Gasteiger partial charge in [-0.3, -0.25) is 0 Å². The molecule has 1 aliphatic heterocycles. The first-order valence-corrected chi connectivity index (χ1v) is 13.6. The second-order valence-electron chi connectivity index (χ2n) is 11.9. The second kappa shape index (κ2) is 8.66. The minimum atomic E-state index is -0.513. The molecule has 0 radical (unpaired) electrons. The molecule has 1 saturated heterocycles. The van der Waals surface area contributed by atoms with E-state index in [-0.39, 0.29) is 22.9 Å². The van der Waals surface area contributed by atoms with Crippen LogP contribution in [0.4, 0.5) is 0 Å². The van der Waals surface area contributed by atoms with Gasteiger partial charge in [0.2, 0.25) is 0 Å². The van der Waals surface area contributed by atoms with Crippen molar-refractivity contribution >= 4 is 0 Å². The van der Waals surface area contributed by atoms with Crippen LogP contribution in [0, 0.1) is 40.9 Å². The first-order chi connectivity index (χ1) is 15.8. The number of unbranched alkanes of at least 4 members (excludes halogenated alkanes) is 1. The van der Waals surface area contributed by atoms with Crippen molar-refractivity contribution in [2.45, 2.75) is 110 Å². The summed E-state index contributed by atoms with van der Waals surface area (Å²) in [6, 6.07) is 0. The molecule has 1 spiro atoms. The Morgan fingerprint density at radius 1 is 1.12 bits per heavy atom. The predicted molar refractivity (Wildman–Crippen MR) is 129 cm³/mol. The van der Waals surface area contributed by atoms with Gasteiger partial charge in [-0.15, -0.1) is 6.42 Å². The molecule has 0 aromatic heterocycles. The fraction of sp³-hybridized carbons (Fsp3) is 0.862. The number of allylic oxidation sites excluding steroid dienone is 1. The molecular weight excluding hydrogens is 412 g/mol. The van der Waals surface area contributed by atoms with Crippen molar-refractivity contribution in [3.8, 4) is 12.3 Å². The van der Waals surface area contributed by atoms with Crippen LogP contribution in [-0.4, -0.2) is 37.5 Å². The third kappa shape index (κ3) is 3.65. The number of hydrogen-bond acceptors (Lipinski definition) is 4. The molecule has 184 valence electrons. The zero-order valence-electron chi connectivity index (χ0n) is 21.3. The predicted octanol–water partition coefficient (Wildman–Crippen LogP) is 6.24. The molecule has 0 aromatic rings. The normalized spacial score (nSPS) is 44.5. The summed E-state index contributed by atoms with van der Waals surface area (Å²) in [5.41, 5.74) is 1.36. The van der Waals surface area contributed by atoms with Crippen LogP contribution in [0.15, 0.2) is 11.6 Å². The Kier molecular flexibility index (Phi) is 6.26. The molecule has 5 rings (SSSR count). The van der Waals surface area contributed by atoms with Crippen molar-refractivity contribution in [2.24, 2.45) is 28.6 Å². The van der Waals surface area contributed by atoms with Crippen molar-refractivity contribution in [1.82, 2.24) is 0 Å². The van der Waals surface area contributed by atoms with Crippen LogP contribution in [0.2, 0.25) is 0 Å². The van der Waals surface area contributed by atoms with E-state index in [0.717, 1.165) is 70.7 Å². The van der Waals surface area contributed by atoms with Crippen LogP contribution in [0.25, 0.3) is 0 Å². The van der Waals surface area contributed by atoms with Gasteiger partial charge in [-0.2, -0.15) is 0 Å². The first kappa shape index (κ1) is 23.9. The molecule has 1 unspecified atom stereocenters. The van der Waals surface area contributed by atoms with Gasteiger partial charge in [-0.25, -0.2) is 0 Å². The maximum absolute atomic E-state index is 6.64. The zero-order valence-corrected chi connectivity index (χ0v) is 21.3. The van der Waals surface area contributed by atoms with Crippen LogP contribution in [0.1, 0.15) is 91.9 Å². The van der Waals surface area contributed by atoms with Gasteiger partial charge < -0.3 is 18.9 Å². The maximum Gasteiger partial charge on any atom is 0.172 e. The molecule has 0 N–H and O–H groups in total. The lowest BCUT2D eigenvalue weighted by Crippen LogP contribution is -2.56. The molecule has 4 aliphatic carbocycles. The number of hydrogen-bond donors (Lipinski definition) is 0. The highest BCUT2D eigenvalue weighted by Crippen LogP contribution is 2.68. The number of ether oxygens (including phenoxy) is 4. The van der Waals surface area contributed by atoms with E-state index in [1.165, 1.54) is 19.3 Å². The van der Waals surface area contributed by atoms with Gasteiger partial charge in [0, 0.05) is 24.9 Å². The molecule has 4 fully saturated rings. The van der Waals surface area contributed by atoms with E-state index in [0.29, 0.717) is 11.8 Å². The molecule has 5 aliphatic rings. The largest absolute Gasteiger partial charge is 0.353 e. The Hall–Kier alpha value is -0.860. The molecule has 33 heavy (non-hydrogen) atoms. The van der Waals surface area contributed by atoms with Crippen molar-refractivity contribution in [3.05, 3.63) is 11.6 Å². The molecule has 0 aromatic carbocycles. The van der Waals surface area contributed by atoms with Gasteiger partial charge in [-0.05, 0) is 75.0 Å². The van der Waals surface area contributed by atoms with Crippen molar-refractivity contribution in [2.75, 3.05) is 19.8 Å². The Labute approximate surface area is 201 Å². The van der Waals surface area contributed by atoms with E-state index < -0.39 is 5.60 Å². The average Bonchev–Trinajstić information content (AvgIpc) is 3.37. The van der Waals surface area contributed by atoms with Gasteiger partial charge in [-0.1, -0.05) is 44.8 Å². The summed E-state index contributed by atoms with van der Waals surface area (Å²) in [6.45, 7) is 11.4. The maximum atomic E-state index is 6.64. The van der Waals surface area contributed by atoms with Gasteiger partial charge in [0.15, 0.2) is 12.1 Å². The van der Waals surface area contributed by atoms with E-state index in [4.69, 9.17) is 25.4 Å². The molecule has 7 atom stereocenters. The molecular formula is C29H44O4. The molecule has 4 nitrogen and oxygen atoms in total. The third-order valence-corrected chi connectivity index (χ3v) is 10.5. The van der Waals surface area contributed by atoms with E-state index in [1.54, 1.807) is 5.57 Å².